The average Bonchev–Trinajstić information content (AvgIpc) is 2.89. The third-order valence-electron chi connectivity index (χ3n) is 4.41. The molecule has 1 aliphatic heterocycles. The van der Waals surface area contributed by atoms with Crippen LogP contribution in [-0.4, -0.2) is 54.6 Å². The van der Waals surface area contributed by atoms with Crippen LogP contribution in [0.5, 0.6) is 0 Å². The molecule has 2 aromatic carbocycles. The van der Waals surface area contributed by atoms with Gasteiger partial charge in [-0.1, -0.05) is 12.1 Å². The Bertz CT molecular complexity index is 948. The molecule has 2 aromatic rings. The van der Waals surface area contributed by atoms with Crippen molar-refractivity contribution >= 4 is 23.6 Å². The fourth-order valence-corrected chi connectivity index (χ4v) is 2.81. The standard InChI is InChI=1S/C20H19N3O4/c1-22(2)18(25)13-6-4-12(5-7-13)11-21-17(24)14-8-9-15-16(10-14)20(27)23(3)19(15)26/h4-10H,11H2,1-3H3,(H,21,24). The lowest BCUT2D eigenvalue weighted by molar-refractivity contribution is 0.0692. The number of rotatable bonds is 4. The first-order chi connectivity index (χ1) is 12.8. The molecule has 0 spiro atoms. The highest BCUT2D eigenvalue weighted by Crippen LogP contribution is 2.22. The van der Waals surface area contributed by atoms with Crippen LogP contribution in [0.1, 0.15) is 47.0 Å². The van der Waals surface area contributed by atoms with Gasteiger partial charge < -0.3 is 10.2 Å². The van der Waals surface area contributed by atoms with Gasteiger partial charge in [-0.3, -0.25) is 24.1 Å². The van der Waals surface area contributed by atoms with E-state index in [1.165, 1.54) is 30.1 Å². The molecule has 0 unspecified atom stereocenters. The molecule has 4 amide bonds. The SMILES string of the molecule is CN(C)C(=O)c1ccc(CNC(=O)c2ccc3c(c2)C(=O)N(C)C3=O)cc1. The molecular weight excluding hydrogens is 346 g/mol. The largest absolute Gasteiger partial charge is 0.348 e. The normalized spacial score (nSPS) is 12.8. The number of imide groups is 1. The van der Waals surface area contributed by atoms with Crippen LogP contribution >= 0.6 is 0 Å². The van der Waals surface area contributed by atoms with Crippen LogP contribution in [0, 0.1) is 0 Å². The molecule has 0 fully saturated rings. The van der Waals surface area contributed by atoms with Crippen molar-refractivity contribution in [3.63, 3.8) is 0 Å². The van der Waals surface area contributed by atoms with Crippen molar-refractivity contribution in [2.75, 3.05) is 21.1 Å². The van der Waals surface area contributed by atoms with Crippen molar-refractivity contribution in [1.29, 1.82) is 0 Å². The Morgan fingerprint density at radius 2 is 1.52 bits per heavy atom. The van der Waals surface area contributed by atoms with E-state index < -0.39 is 5.91 Å². The predicted molar refractivity (Wildman–Crippen MR) is 98.5 cm³/mol. The molecule has 0 bridgehead atoms. The Balaban J connectivity index is 1.68. The van der Waals surface area contributed by atoms with E-state index in [9.17, 15) is 19.2 Å². The maximum Gasteiger partial charge on any atom is 0.261 e. The molecule has 0 aliphatic carbocycles. The number of benzene rings is 2. The minimum atomic E-state index is -0.411. The van der Waals surface area contributed by atoms with Gasteiger partial charge in [0.15, 0.2) is 0 Å². The summed E-state index contributed by atoms with van der Waals surface area (Å²) in [6.07, 6.45) is 0. The number of amides is 4. The number of fused-ring (bicyclic) bond motifs is 1. The Morgan fingerprint density at radius 3 is 2.15 bits per heavy atom. The van der Waals surface area contributed by atoms with Crippen molar-refractivity contribution in [2.45, 2.75) is 6.54 Å². The fraction of sp³-hybridized carbons (Fsp3) is 0.200. The van der Waals surface area contributed by atoms with Gasteiger partial charge in [0.1, 0.15) is 0 Å². The van der Waals surface area contributed by atoms with E-state index in [4.69, 9.17) is 0 Å². The summed E-state index contributed by atoms with van der Waals surface area (Å²) >= 11 is 0. The van der Waals surface area contributed by atoms with Gasteiger partial charge in [-0.2, -0.15) is 0 Å². The van der Waals surface area contributed by atoms with Gasteiger partial charge in [0.2, 0.25) is 0 Å². The molecule has 0 saturated carbocycles. The summed E-state index contributed by atoms with van der Waals surface area (Å²) < 4.78 is 0. The van der Waals surface area contributed by atoms with Gasteiger partial charge >= 0.3 is 0 Å². The fourth-order valence-electron chi connectivity index (χ4n) is 2.81. The van der Waals surface area contributed by atoms with Gasteiger partial charge in [0, 0.05) is 38.8 Å². The first-order valence-electron chi connectivity index (χ1n) is 8.35. The first-order valence-corrected chi connectivity index (χ1v) is 8.35. The van der Waals surface area contributed by atoms with Crippen molar-refractivity contribution in [3.8, 4) is 0 Å². The molecule has 0 atom stereocenters. The van der Waals surface area contributed by atoms with E-state index in [1.807, 2.05) is 0 Å². The van der Waals surface area contributed by atoms with E-state index in [-0.39, 0.29) is 29.8 Å². The van der Waals surface area contributed by atoms with Crippen molar-refractivity contribution in [1.82, 2.24) is 15.1 Å². The van der Waals surface area contributed by atoms with Crippen molar-refractivity contribution in [3.05, 3.63) is 70.3 Å². The molecule has 0 radical (unpaired) electrons. The van der Waals surface area contributed by atoms with Crippen LogP contribution in [0.15, 0.2) is 42.5 Å². The molecule has 1 heterocycles. The molecule has 3 rings (SSSR count). The van der Waals surface area contributed by atoms with E-state index in [0.717, 1.165) is 10.5 Å². The number of carbonyl (C=O) groups is 4. The first kappa shape index (κ1) is 18.3. The van der Waals surface area contributed by atoms with Crippen molar-refractivity contribution < 1.29 is 19.2 Å². The third-order valence-corrected chi connectivity index (χ3v) is 4.41. The summed E-state index contributed by atoms with van der Waals surface area (Å²) in [7, 11) is 4.78. The van der Waals surface area contributed by atoms with E-state index in [0.29, 0.717) is 16.7 Å². The van der Waals surface area contributed by atoms with Gasteiger partial charge in [-0.05, 0) is 35.9 Å². The van der Waals surface area contributed by atoms with Gasteiger partial charge in [0.05, 0.1) is 11.1 Å². The Kier molecular flexibility index (Phi) is 4.77. The molecule has 0 aromatic heterocycles. The second-order valence-corrected chi connectivity index (χ2v) is 6.51. The lowest BCUT2D eigenvalue weighted by atomic mass is 10.1. The quantitative estimate of drug-likeness (QED) is 0.833. The minimum absolute atomic E-state index is 0.0899. The van der Waals surface area contributed by atoms with Crippen LogP contribution in [0.25, 0.3) is 0 Å². The molecule has 7 heteroatoms. The van der Waals surface area contributed by atoms with Gasteiger partial charge in [-0.15, -0.1) is 0 Å². The second-order valence-electron chi connectivity index (χ2n) is 6.51. The highest BCUT2D eigenvalue weighted by atomic mass is 16.2. The summed E-state index contributed by atoms with van der Waals surface area (Å²) in [6, 6.07) is 11.4. The van der Waals surface area contributed by atoms with E-state index in [1.54, 1.807) is 38.4 Å². The summed E-state index contributed by atoms with van der Waals surface area (Å²) in [5.41, 5.74) is 2.26. The molecule has 0 saturated heterocycles. The maximum atomic E-state index is 12.4. The summed E-state index contributed by atoms with van der Waals surface area (Å²) in [5.74, 6) is -1.21. The highest BCUT2D eigenvalue weighted by Gasteiger charge is 2.33. The van der Waals surface area contributed by atoms with Crippen LogP contribution in [0.3, 0.4) is 0 Å². The molecular formula is C20H19N3O4. The summed E-state index contributed by atoms with van der Waals surface area (Å²) in [6.45, 7) is 0.277. The number of nitrogens with zero attached hydrogens (tertiary/aromatic N) is 2. The zero-order chi connectivity index (χ0) is 19.7. The van der Waals surface area contributed by atoms with E-state index in [2.05, 4.69) is 5.32 Å². The average molecular weight is 365 g/mol. The Hall–Kier alpha value is -3.48. The molecule has 1 aliphatic rings. The van der Waals surface area contributed by atoms with E-state index >= 15 is 0 Å². The third kappa shape index (κ3) is 3.44. The van der Waals surface area contributed by atoms with Gasteiger partial charge in [0.25, 0.3) is 23.6 Å². The maximum absolute atomic E-state index is 12.4. The molecule has 138 valence electrons. The second kappa shape index (κ2) is 7.03. The Morgan fingerprint density at radius 1 is 0.926 bits per heavy atom. The summed E-state index contributed by atoms with van der Waals surface area (Å²) in [4.78, 5) is 50.7. The number of hydrogen-bond acceptors (Lipinski definition) is 4. The van der Waals surface area contributed by atoms with Crippen LogP contribution in [0.2, 0.25) is 0 Å². The monoisotopic (exact) mass is 365 g/mol. The smallest absolute Gasteiger partial charge is 0.261 e. The molecule has 27 heavy (non-hydrogen) atoms. The number of nitrogens with one attached hydrogen (secondary N) is 1. The lowest BCUT2D eigenvalue weighted by Gasteiger charge is -2.11. The zero-order valence-corrected chi connectivity index (χ0v) is 15.3. The van der Waals surface area contributed by atoms with Crippen molar-refractivity contribution in [2.24, 2.45) is 0 Å². The predicted octanol–water partition coefficient (Wildman–Crippen LogP) is 1.54. The topological polar surface area (TPSA) is 86.8 Å². The number of carbonyl (C=O) groups excluding carboxylic acids is 4. The summed E-state index contributed by atoms with van der Waals surface area (Å²) in [5, 5.41) is 2.77. The number of hydrogen-bond donors (Lipinski definition) is 1. The van der Waals surface area contributed by atoms with Crippen LogP contribution in [0.4, 0.5) is 0 Å². The lowest BCUT2D eigenvalue weighted by Crippen LogP contribution is -2.24. The minimum Gasteiger partial charge on any atom is -0.348 e. The Labute approximate surface area is 156 Å². The highest BCUT2D eigenvalue weighted by molar-refractivity contribution is 6.21. The molecule has 1 N–H and O–H groups in total. The van der Waals surface area contributed by atoms with Gasteiger partial charge in [-0.25, -0.2) is 0 Å². The molecule has 7 nitrogen and oxygen atoms in total. The zero-order valence-electron chi connectivity index (χ0n) is 15.3. The van der Waals surface area contributed by atoms with Crippen LogP contribution in [-0.2, 0) is 6.54 Å². The van der Waals surface area contributed by atoms with Crippen LogP contribution < -0.4 is 5.32 Å².